The van der Waals surface area contributed by atoms with Crippen molar-refractivity contribution in [2.24, 2.45) is 0 Å². The third-order valence-corrected chi connectivity index (χ3v) is 4.30. The number of halogens is 3. The minimum Gasteiger partial charge on any atom is -0.493 e. The summed E-state index contributed by atoms with van der Waals surface area (Å²) < 4.78 is 11.2. The average Bonchev–Trinajstić information content (AvgIpc) is 2.46. The maximum atomic E-state index is 6.26. The Morgan fingerprint density at radius 2 is 1.86 bits per heavy atom. The van der Waals surface area contributed by atoms with Crippen LogP contribution in [-0.2, 0) is 11.9 Å². The highest BCUT2D eigenvalue weighted by molar-refractivity contribution is 9.08. The summed E-state index contributed by atoms with van der Waals surface area (Å²) in [4.78, 5) is 0. The highest BCUT2D eigenvalue weighted by Crippen LogP contribution is 2.37. The summed E-state index contributed by atoms with van der Waals surface area (Å²) in [6, 6.07) is 9.60. The van der Waals surface area contributed by atoms with Gasteiger partial charge in [0.15, 0.2) is 11.5 Å². The molecule has 2 rings (SSSR count). The van der Waals surface area contributed by atoms with E-state index < -0.39 is 0 Å². The number of ether oxygens (including phenoxy) is 2. The minimum absolute atomic E-state index is 0.336. The molecule has 0 spiro atoms. The largest absolute Gasteiger partial charge is 0.493 e. The van der Waals surface area contributed by atoms with Gasteiger partial charge < -0.3 is 9.47 Å². The number of alkyl halides is 1. The molecule has 112 valence electrons. The number of aryl methyl sites for hydroxylation is 1. The zero-order chi connectivity index (χ0) is 15.4. The molecule has 0 radical (unpaired) electrons. The molecule has 0 atom stereocenters. The van der Waals surface area contributed by atoms with Gasteiger partial charge in [0.25, 0.3) is 0 Å². The molecule has 0 aliphatic rings. The summed E-state index contributed by atoms with van der Waals surface area (Å²) in [5, 5.41) is 1.90. The number of benzene rings is 2. The Morgan fingerprint density at radius 3 is 2.48 bits per heavy atom. The van der Waals surface area contributed by atoms with Gasteiger partial charge in [-0.1, -0.05) is 51.3 Å². The van der Waals surface area contributed by atoms with E-state index in [0.29, 0.717) is 33.5 Å². The zero-order valence-corrected chi connectivity index (χ0v) is 14.8. The molecule has 0 N–H and O–H groups in total. The van der Waals surface area contributed by atoms with Crippen molar-refractivity contribution in [1.82, 2.24) is 0 Å². The van der Waals surface area contributed by atoms with E-state index in [2.05, 4.69) is 15.9 Å². The lowest BCUT2D eigenvalue weighted by atomic mass is 10.1. The van der Waals surface area contributed by atoms with Crippen LogP contribution in [-0.4, -0.2) is 7.11 Å². The molecule has 2 aromatic rings. The van der Waals surface area contributed by atoms with Crippen LogP contribution in [0.15, 0.2) is 30.3 Å². The van der Waals surface area contributed by atoms with E-state index in [1.807, 2.05) is 37.3 Å². The molecule has 0 unspecified atom stereocenters. The summed E-state index contributed by atoms with van der Waals surface area (Å²) in [6.07, 6.45) is 0. The smallest absolute Gasteiger partial charge is 0.180 e. The first-order valence-electron chi connectivity index (χ1n) is 6.35. The molecule has 2 nitrogen and oxygen atoms in total. The Bertz CT molecular complexity index is 644. The van der Waals surface area contributed by atoms with Crippen molar-refractivity contribution in [1.29, 1.82) is 0 Å². The monoisotopic (exact) mass is 388 g/mol. The van der Waals surface area contributed by atoms with Crippen molar-refractivity contribution in [3.63, 3.8) is 0 Å². The molecule has 0 bridgehead atoms. The molecule has 0 fully saturated rings. The topological polar surface area (TPSA) is 18.5 Å². The highest BCUT2D eigenvalue weighted by atomic mass is 79.9. The Balaban J connectivity index is 2.23. The van der Waals surface area contributed by atoms with Gasteiger partial charge in [-0.2, -0.15) is 0 Å². The van der Waals surface area contributed by atoms with Gasteiger partial charge in [-0.3, -0.25) is 0 Å². The molecule has 0 saturated heterocycles. The van der Waals surface area contributed by atoms with Crippen LogP contribution in [0.3, 0.4) is 0 Å². The average molecular weight is 390 g/mol. The van der Waals surface area contributed by atoms with Crippen LogP contribution in [0.5, 0.6) is 11.5 Å². The van der Waals surface area contributed by atoms with E-state index in [1.54, 1.807) is 7.11 Å². The van der Waals surface area contributed by atoms with Gasteiger partial charge >= 0.3 is 0 Å². The van der Waals surface area contributed by atoms with Crippen LogP contribution in [0.25, 0.3) is 0 Å². The SMILES string of the molecule is COc1cc(CBr)cc(Cl)c1OCc1ccc(C)cc1Cl. The Labute approximate surface area is 143 Å². The van der Waals surface area contributed by atoms with E-state index in [4.69, 9.17) is 32.7 Å². The molecule has 2 aromatic carbocycles. The molecular weight excluding hydrogens is 375 g/mol. The van der Waals surface area contributed by atoms with Crippen molar-refractivity contribution in [2.75, 3.05) is 7.11 Å². The van der Waals surface area contributed by atoms with Crippen molar-refractivity contribution in [2.45, 2.75) is 18.9 Å². The van der Waals surface area contributed by atoms with Gasteiger partial charge in [0.05, 0.1) is 12.1 Å². The summed E-state index contributed by atoms with van der Waals surface area (Å²) in [6.45, 7) is 2.33. The lowest BCUT2D eigenvalue weighted by Gasteiger charge is -2.14. The Kier molecular flexibility index (Phi) is 5.80. The lowest BCUT2D eigenvalue weighted by Crippen LogP contribution is -2.00. The number of rotatable bonds is 5. The highest BCUT2D eigenvalue weighted by Gasteiger charge is 2.12. The van der Waals surface area contributed by atoms with Crippen LogP contribution < -0.4 is 9.47 Å². The fourth-order valence-electron chi connectivity index (χ4n) is 1.91. The predicted molar refractivity (Wildman–Crippen MR) is 91.2 cm³/mol. The van der Waals surface area contributed by atoms with Crippen LogP contribution in [0.4, 0.5) is 0 Å². The van der Waals surface area contributed by atoms with Crippen LogP contribution >= 0.6 is 39.1 Å². The van der Waals surface area contributed by atoms with Crippen molar-refractivity contribution in [3.8, 4) is 11.5 Å². The Morgan fingerprint density at radius 1 is 1.10 bits per heavy atom. The first kappa shape index (κ1) is 16.5. The second-order valence-electron chi connectivity index (χ2n) is 4.63. The second kappa shape index (κ2) is 7.39. The molecule has 0 aliphatic carbocycles. The van der Waals surface area contributed by atoms with E-state index >= 15 is 0 Å². The third-order valence-electron chi connectivity index (χ3n) is 3.02. The summed E-state index contributed by atoms with van der Waals surface area (Å²) >= 11 is 15.9. The quantitative estimate of drug-likeness (QED) is 0.603. The van der Waals surface area contributed by atoms with E-state index in [-0.39, 0.29) is 0 Å². The van der Waals surface area contributed by atoms with Gasteiger partial charge in [0, 0.05) is 15.9 Å². The van der Waals surface area contributed by atoms with E-state index in [1.165, 1.54) is 0 Å². The first-order valence-corrected chi connectivity index (χ1v) is 8.23. The van der Waals surface area contributed by atoms with E-state index in [0.717, 1.165) is 16.7 Å². The zero-order valence-electron chi connectivity index (χ0n) is 11.8. The molecule has 0 amide bonds. The molecule has 0 aliphatic heterocycles. The van der Waals surface area contributed by atoms with Crippen LogP contribution in [0.1, 0.15) is 16.7 Å². The second-order valence-corrected chi connectivity index (χ2v) is 6.00. The summed E-state index contributed by atoms with van der Waals surface area (Å²) in [5.74, 6) is 1.14. The number of hydrogen-bond acceptors (Lipinski definition) is 2. The molecule has 21 heavy (non-hydrogen) atoms. The van der Waals surface area contributed by atoms with Crippen LogP contribution in [0.2, 0.25) is 10.0 Å². The molecule has 0 aromatic heterocycles. The maximum absolute atomic E-state index is 6.26. The van der Waals surface area contributed by atoms with E-state index in [9.17, 15) is 0 Å². The van der Waals surface area contributed by atoms with Crippen molar-refractivity contribution in [3.05, 3.63) is 57.1 Å². The Hall–Kier alpha value is -0.900. The van der Waals surface area contributed by atoms with Gasteiger partial charge in [-0.25, -0.2) is 0 Å². The third kappa shape index (κ3) is 4.06. The molecule has 0 heterocycles. The minimum atomic E-state index is 0.336. The summed E-state index contributed by atoms with van der Waals surface area (Å²) in [7, 11) is 1.59. The van der Waals surface area contributed by atoms with Gasteiger partial charge in [0.2, 0.25) is 0 Å². The number of hydrogen-bond donors (Lipinski definition) is 0. The van der Waals surface area contributed by atoms with Crippen molar-refractivity contribution < 1.29 is 9.47 Å². The molecule has 5 heteroatoms. The number of methoxy groups -OCH3 is 1. The normalized spacial score (nSPS) is 10.5. The predicted octanol–water partition coefficient (Wildman–Crippen LogP) is 5.78. The van der Waals surface area contributed by atoms with Gasteiger partial charge in [-0.15, -0.1) is 0 Å². The fourth-order valence-corrected chi connectivity index (χ4v) is 2.81. The van der Waals surface area contributed by atoms with Crippen LogP contribution in [0, 0.1) is 6.92 Å². The van der Waals surface area contributed by atoms with Gasteiger partial charge in [-0.05, 0) is 36.2 Å². The fraction of sp³-hybridized carbons (Fsp3) is 0.250. The van der Waals surface area contributed by atoms with Crippen molar-refractivity contribution >= 4 is 39.1 Å². The standard InChI is InChI=1S/C16H15BrCl2O2/c1-10-3-4-12(13(18)5-10)9-21-16-14(19)6-11(8-17)7-15(16)20-2/h3-7H,8-9H2,1-2H3. The first-order chi connectivity index (χ1) is 10.0. The van der Waals surface area contributed by atoms with Gasteiger partial charge in [0.1, 0.15) is 6.61 Å². The lowest BCUT2D eigenvalue weighted by molar-refractivity contribution is 0.284. The maximum Gasteiger partial charge on any atom is 0.180 e. The molecular formula is C16H15BrCl2O2. The summed E-state index contributed by atoms with van der Waals surface area (Å²) in [5.41, 5.74) is 3.04. The molecule has 0 saturated carbocycles.